The molecule has 0 fully saturated rings. The summed E-state index contributed by atoms with van der Waals surface area (Å²) in [5.74, 6) is -0.311. The number of aromatic nitrogens is 1. The van der Waals surface area contributed by atoms with Crippen molar-refractivity contribution >= 4 is 45.6 Å². The zero-order valence-electron chi connectivity index (χ0n) is 14.7. The highest BCUT2D eigenvalue weighted by molar-refractivity contribution is 7.14. The molecule has 0 unspecified atom stereocenters. The molecule has 2 aromatic carbocycles. The molecule has 0 spiro atoms. The molecule has 0 saturated heterocycles. The van der Waals surface area contributed by atoms with E-state index in [9.17, 15) is 9.59 Å². The maximum Gasteiger partial charge on any atom is 0.257 e. The van der Waals surface area contributed by atoms with E-state index < -0.39 is 0 Å². The lowest BCUT2D eigenvalue weighted by atomic mass is 10.2. The number of aryl methyl sites for hydroxylation is 1. The maximum absolute atomic E-state index is 12.2. The molecule has 0 bridgehead atoms. The third kappa shape index (κ3) is 5.15. The van der Waals surface area contributed by atoms with E-state index in [2.05, 4.69) is 15.6 Å². The Morgan fingerprint density at radius 3 is 2.63 bits per heavy atom. The Balaban J connectivity index is 1.53. The zero-order chi connectivity index (χ0) is 19.2. The van der Waals surface area contributed by atoms with Crippen LogP contribution in [0.25, 0.3) is 0 Å². The van der Waals surface area contributed by atoms with E-state index in [1.807, 2.05) is 36.6 Å². The van der Waals surface area contributed by atoms with Gasteiger partial charge in [-0.2, -0.15) is 0 Å². The predicted octanol–water partition coefficient (Wildman–Crippen LogP) is 4.93. The quantitative estimate of drug-likeness (QED) is 0.617. The molecule has 138 valence electrons. The lowest BCUT2D eigenvalue weighted by Gasteiger charge is -2.09. The fourth-order valence-electron chi connectivity index (χ4n) is 2.44. The van der Waals surface area contributed by atoms with E-state index in [0.29, 0.717) is 34.2 Å². The van der Waals surface area contributed by atoms with E-state index in [4.69, 9.17) is 11.6 Å². The minimum Gasteiger partial charge on any atom is -0.326 e. The maximum atomic E-state index is 12.2. The van der Waals surface area contributed by atoms with Crippen LogP contribution in [0.4, 0.5) is 10.8 Å². The fraction of sp³-hybridized carbons (Fsp3) is 0.150. The number of halogens is 1. The van der Waals surface area contributed by atoms with E-state index in [-0.39, 0.29) is 11.8 Å². The minimum absolute atomic E-state index is 0.108. The van der Waals surface area contributed by atoms with E-state index in [1.165, 1.54) is 11.3 Å². The molecule has 1 heterocycles. The van der Waals surface area contributed by atoms with Gasteiger partial charge < -0.3 is 5.32 Å². The molecule has 3 aromatic rings. The molecular weight excluding hydrogens is 382 g/mol. The second-order valence-corrected chi connectivity index (χ2v) is 7.19. The molecule has 0 aliphatic rings. The van der Waals surface area contributed by atoms with Crippen molar-refractivity contribution in [3.05, 3.63) is 75.8 Å². The van der Waals surface area contributed by atoms with Crippen LogP contribution in [0.3, 0.4) is 0 Å². The molecule has 0 radical (unpaired) electrons. The van der Waals surface area contributed by atoms with E-state index >= 15 is 0 Å². The van der Waals surface area contributed by atoms with Crippen molar-refractivity contribution in [1.82, 2.24) is 4.98 Å². The van der Waals surface area contributed by atoms with Gasteiger partial charge in [-0.15, -0.1) is 11.3 Å². The van der Waals surface area contributed by atoms with Gasteiger partial charge in [0.25, 0.3) is 5.91 Å². The number of benzene rings is 2. The summed E-state index contributed by atoms with van der Waals surface area (Å²) in [6.45, 7) is 1.86. The largest absolute Gasteiger partial charge is 0.326 e. The number of nitrogens with zero attached hydrogens (tertiary/aromatic N) is 1. The van der Waals surface area contributed by atoms with Gasteiger partial charge in [-0.3, -0.25) is 14.9 Å². The van der Waals surface area contributed by atoms with Gasteiger partial charge in [-0.05, 0) is 43.2 Å². The first kappa shape index (κ1) is 19.1. The van der Waals surface area contributed by atoms with Gasteiger partial charge in [0, 0.05) is 28.1 Å². The molecule has 0 saturated carbocycles. The number of carbonyl (C=O) groups excluding carboxylic acids is 2. The van der Waals surface area contributed by atoms with E-state index in [1.54, 1.807) is 24.3 Å². The Bertz CT molecular complexity index is 957. The number of carbonyl (C=O) groups is 2. The van der Waals surface area contributed by atoms with Gasteiger partial charge in [-0.1, -0.05) is 35.9 Å². The number of thiazole rings is 1. The highest BCUT2D eigenvalue weighted by Crippen LogP contribution is 2.23. The second kappa shape index (κ2) is 8.79. The molecule has 5 nitrogen and oxygen atoms in total. The van der Waals surface area contributed by atoms with Crippen molar-refractivity contribution in [2.75, 3.05) is 10.6 Å². The molecule has 2 amide bonds. The average molecular weight is 400 g/mol. The summed E-state index contributed by atoms with van der Waals surface area (Å²) in [5, 5.41) is 8.62. The molecule has 0 aliphatic carbocycles. The highest BCUT2D eigenvalue weighted by Gasteiger charge is 2.11. The summed E-state index contributed by atoms with van der Waals surface area (Å²) >= 11 is 7.40. The molecule has 27 heavy (non-hydrogen) atoms. The molecule has 7 heteroatoms. The second-order valence-electron chi connectivity index (χ2n) is 5.92. The number of nitrogens with one attached hydrogen (secondary N) is 2. The standard InChI is InChI=1S/C20H18ClN3O2S/c1-13-16(21)8-5-9-17(13)23-18(25)11-10-15-12-27-20(22-15)24-19(26)14-6-3-2-4-7-14/h2-9,12H,10-11H2,1H3,(H,23,25)(H,22,24,26). The van der Waals surface area contributed by atoms with Crippen LogP contribution in [0.15, 0.2) is 53.9 Å². The van der Waals surface area contributed by atoms with Gasteiger partial charge in [0.1, 0.15) is 0 Å². The minimum atomic E-state index is -0.203. The molecule has 1 aromatic heterocycles. The number of hydrogen-bond acceptors (Lipinski definition) is 4. The smallest absolute Gasteiger partial charge is 0.257 e. The summed E-state index contributed by atoms with van der Waals surface area (Å²) in [4.78, 5) is 28.7. The van der Waals surface area contributed by atoms with Gasteiger partial charge in [0.05, 0.1) is 5.69 Å². The summed E-state index contributed by atoms with van der Waals surface area (Å²) in [6.07, 6.45) is 0.783. The Morgan fingerprint density at radius 1 is 1.07 bits per heavy atom. The number of rotatable bonds is 6. The highest BCUT2D eigenvalue weighted by atomic mass is 35.5. The third-order valence-corrected chi connectivity index (χ3v) is 5.17. The third-order valence-electron chi connectivity index (χ3n) is 3.96. The van der Waals surface area contributed by atoms with Crippen molar-refractivity contribution < 1.29 is 9.59 Å². The Hall–Kier alpha value is -2.70. The number of anilines is 2. The van der Waals surface area contributed by atoms with Crippen molar-refractivity contribution in [3.63, 3.8) is 0 Å². The van der Waals surface area contributed by atoms with Crippen LogP contribution in [-0.2, 0) is 11.2 Å². The van der Waals surface area contributed by atoms with Crippen LogP contribution in [-0.4, -0.2) is 16.8 Å². The molecular formula is C20H18ClN3O2S. The predicted molar refractivity (Wildman–Crippen MR) is 110 cm³/mol. The van der Waals surface area contributed by atoms with Crippen LogP contribution in [0, 0.1) is 6.92 Å². The Labute approximate surface area is 166 Å². The average Bonchev–Trinajstić information content (AvgIpc) is 3.12. The lowest BCUT2D eigenvalue weighted by molar-refractivity contribution is -0.116. The van der Waals surface area contributed by atoms with Crippen molar-refractivity contribution in [1.29, 1.82) is 0 Å². The normalized spacial score (nSPS) is 10.4. The first-order valence-corrected chi connectivity index (χ1v) is 9.64. The zero-order valence-corrected chi connectivity index (χ0v) is 16.2. The van der Waals surface area contributed by atoms with Crippen LogP contribution < -0.4 is 10.6 Å². The van der Waals surface area contributed by atoms with Crippen LogP contribution in [0.1, 0.15) is 28.0 Å². The number of amides is 2. The summed E-state index contributed by atoms with van der Waals surface area (Å²) < 4.78 is 0. The first-order valence-electron chi connectivity index (χ1n) is 8.38. The van der Waals surface area contributed by atoms with Crippen LogP contribution in [0.2, 0.25) is 5.02 Å². The SMILES string of the molecule is Cc1c(Cl)cccc1NC(=O)CCc1csc(NC(=O)c2ccccc2)n1. The summed E-state index contributed by atoms with van der Waals surface area (Å²) in [6, 6.07) is 14.4. The molecule has 2 N–H and O–H groups in total. The van der Waals surface area contributed by atoms with E-state index in [0.717, 1.165) is 11.3 Å². The van der Waals surface area contributed by atoms with Crippen molar-refractivity contribution in [3.8, 4) is 0 Å². The monoisotopic (exact) mass is 399 g/mol. The van der Waals surface area contributed by atoms with Crippen LogP contribution in [0.5, 0.6) is 0 Å². The molecule has 0 atom stereocenters. The van der Waals surface area contributed by atoms with Crippen molar-refractivity contribution in [2.24, 2.45) is 0 Å². The Kier molecular flexibility index (Phi) is 6.21. The number of hydrogen-bond donors (Lipinski definition) is 2. The molecule has 3 rings (SSSR count). The fourth-order valence-corrected chi connectivity index (χ4v) is 3.35. The lowest BCUT2D eigenvalue weighted by Crippen LogP contribution is -2.13. The van der Waals surface area contributed by atoms with Gasteiger partial charge in [0.15, 0.2) is 5.13 Å². The first-order chi connectivity index (χ1) is 13.0. The summed E-state index contributed by atoms with van der Waals surface area (Å²) in [7, 11) is 0. The van der Waals surface area contributed by atoms with Gasteiger partial charge in [-0.25, -0.2) is 4.98 Å². The topological polar surface area (TPSA) is 71.1 Å². The van der Waals surface area contributed by atoms with Gasteiger partial charge in [0.2, 0.25) is 5.91 Å². The van der Waals surface area contributed by atoms with Crippen molar-refractivity contribution in [2.45, 2.75) is 19.8 Å². The van der Waals surface area contributed by atoms with Gasteiger partial charge >= 0.3 is 0 Å². The molecule has 0 aliphatic heterocycles. The Morgan fingerprint density at radius 2 is 1.85 bits per heavy atom. The summed E-state index contributed by atoms with van der Waals surface area (Å²) in [5.41, 5.74) is 2.89. The van der Waals surface area contributed by atoms with Crippen LogP contribution >= 0.6 is 22.9 Å².